The van der Waals surface area contributed by atoms with Gasteiger partial charge in [0, 0.05) is 49.6 Å². The highest BCUT2D eigenvalue weighted by Gasteiger charge is 2.57. The van der Waals surface area contributed by atoms with Crippen LogP contribution in [0.1, 0.15) is 137 Å². The Morgan fingerprint density at radius 3 is 1.50 bits per heavy atom. The van der Waals surface area contributed by atoms with Crippen molar-refractivity contribution in [2.75, 3.05) is 27.4 Å². The van der Waals surface area contributed by atoms with Gasteiger partial charge in [0.25, 0.3) is 0 Å². The van der Waals surface area contributed by atoms with Crippen LogP contribution in [0.15, 0.2) is 0 Å². The summed E-state index contributed by atoms with van der Waals surface area (Å²) in [7, 11) is -0.244. The number of hydrogen-bond acceptors (Lipinski definition) is 4. The minimum absolute atomic E-state index is 0.704. The van der Waals surface area contributed by atoms with E-state index in [1.807, 2.05) is 14.2 Å². The summed E-state index contributed by atoms with van der Waals surface area (Å²) in [6.45, 7) is 13.4. The molecule has 0 aromatic rings. The molecular weight excluding hydrogens is 505 g/mol. The zero-order valence-corrected chi connectivity index (χ0v) is 28.4. The Bertz CT molecular complexity index is 637. The van der Waals surface area contributed by atoms with Crippen LogP contribution < -0.4 is 0 Å². The van der Waals surface area contributed by atoms with Crippen LogP contribution in [0.25, 0.3) is 0 Å². The molecule has 0 amide bonds. The van der Waals surface area contributed by atoms with Crippen molar-refractivity contribution >= 4 is 17.1 Å². The molecule has 0 N–H and O–H groups in total. The maximum absolute atomic E-state index is 6.63. The Kier molecular flexibility index (Phi) is 13.8. The van der Waals surface area contributed by atoms with Crippen LogP contribution in [0, 0.1) is 17.8 Å². The van der Waals surface area contributed by atoms with E-state index in [9.17, 15) is 0 Å². The first kappa shape index (κ1) is 32.8. The number of rotatable bonds is 11. The van der Waals surface area contributed by atoms with Crippen LogP contribution >= 0.6 is 0 Å². The van der Waals surface area contributed by atoms with E-state index in [0.29, 0.717) is 5.54 Å². The van der Waals surface area contributed by atoms with E-state index in [4.69, 9.17) is 17.7 Å². The molecule has 224 valence electrons. The molecular formula is C32H64O4Si2. The lowest BCUT2D eigenvalue weighted by Crippen LogP contribution is -2.52. The van der Waals surface area contributed by atoms with Crippen molar-refractivity contribution in [1.29, 1.82) is 0 Å². The number of hydrogen-bond donors (Lipinski definition) is 0. The predicted molar refractivity (Wildman–Crippen MR) is 165 cm³/mol. The summed E-state index contributed by atoms with van der Waals surface area (Å²) in [6, 6.07) is 0. The van der Waals surface area contributed by atoms with Gasteiger partial charge in [0.2, 0.25) is 0 Å². The summed E-state index contributed by atoms with van der Waals surface area (Å²) >= 11 is 0. The van der Waals surface area contributed by atoms with Crippen LogP contribution in [0.3, 0.4) is 0 Å². The van der Waals surface area contributed by atoms with Gasteiger partial charge in [-0.1, -0.05) is 91.9 Å². The Morgan fingerprint density at radius 2 is 1.08 bits per heavy atom. The summed E-state index contributed by atoms with van der Waals surface area (Å²) in [5, 5.41) is 0. The van der Waals surface area contributed by atoms with Gasteiger partial charge in [0.15, 0.2) is 0 Å². The smallest absolute Gasteiger partial charge is 0.344 e. The van der Waals surface area contributed by atoms with Crippen LogP contribution in [0.4, 0.5) is 0 Å². The van der Waals surface area contributed by atoms with Gasteiger partial charge in [-0.3, -0.25) is 0 Å². The standard InChI is InChI=1S/C17H34O2Si.C15H30O2Si/c1-4-14-19-20(18-5-2,16-11-7-6-8-12-16)17-13-9-10-15(17)3;1-12-10-11-13(2)15(12)18(16-3,17-4)14-8-6-5-7-9-14/h15-17H,4-14H2,1-3H3;12-15H,5-11H2,1-4H3. The fraction of sp³-hybridized carbons (Fsp3) is 1.00. The molecule has 0 saturated heterocycles. The SMILES string of the molecule is CCCO[Si](OCC)(C1CCCCC1)C1CCCC1C.CO[Si](OC)(C1CCCCC1)C1C(C)CCC1C. The van der Waals surface area contributed by atoms with E-state index < -0.39 is 17.1 Å². The molecule has 4 aliphatic rings. The zero-order valence-electron chi connectivity index (χ0n) is 26.4. The highest BCUT2D eigenvalue weighted by Crippen LogP contribution is 2.55. The summed E-state index contributed by atoms with van der Waals surface area (Å²) < 4.78 is 25.5. The van der Waals surface area contributed by atoms with Gasteiger partial charge in [0.1, 0.15) is 0 Å². The zero-order chi connectivity index (χ0) is 27.6. The van der Waals surface area contributed by atoms with E-state index in [1.54, 1.807) is 0 Å². The highest BCUT2D eigenvalue weighted by atomic mass is 28.4. The maximum Gasteiger partial charge on any atom is 0.344 e. The van der Waals surface area contributed by atoms with E-state index in [2.05, 4.69) is 34.6 Å². The molecule has 0 bridgehead atoms. The molecule has 6 heteroatoms. The average molecular weight is 569 g/mol. The molecule has 0 heterocycles. The second-order valence-electron chi connectivity index (χ2n) is 13.4. The highest BCUT2D eigenvalue weighted by molar-refractivity contribution is 6.71. The van der Waals surface area contributed by atoms with Gasteiger partial charge >= 0.3 is 17.1 Å². The third-order valence-corrected chi connectivity index (χ3v) is 21.1. The second kappa shape index (κ2) is 16.1. The molecule has 4 fully saturated rings. The molecule has 0 aromatic heterocycles. The van der Waals surface area contributed by atoms with Gasteiger partial charge in [-0.2, -0.15) is 0 Å². The van der Waals surface area contributed by atoms with Gasteiger partial charge in [0.05, 0.1) is 0 Å². The quantitative estimate of drug-likeness (QED) is 0.232. The van der Waals surface area contributed by atoms with Crippen molar-refractivity contribution in [3.05, 3.63) is 0 Å². The van der Waals surface area contributed by atoms with E-state index in [-0.39, 0.29) is 0 Å². The predicted octanol–water partition coefficient (Wildman–Crippen LogP) is 9.91. The summed E-state index contributed by atoms with van der Waals surface area (Å²) in [4.78, 5) is 0. The van der Waals surface area contributed by atoms with Gasteiger partial charge in [-0.15, -0.1) is 0 Å². The Hall–Kier alpha value is 0.274. The first-order chi connectivity index (χ1) is 18.4. The first-order valence-corrected chi connectivity index (χ1v) is 20.7. The van der Waals surface area contributed by atoms with Crippen molar-refractivity contribution in [1.82, 2.24) is 0 Å². The molecule has 4 saturated carbocycles. The third kappa shape index (κ3) is 7.37. The summed E-state index contributed by atoms with van der Waals surface area (Å²) in [6.07, 6.45) is 21.7. The van der Waals surface area contributed by atoms with Gasteiger partial charge < -0.3 is 17.7 Å². The molecule has 38 heavy (non-hydrogen) atoms. The van der Waals surface area contributed by atoms with E-state index in [0.717, 1.165) is 54.0 Å². The monoisotopic (exact) mass is 568 g/mol. The van der Waals surface area contributed by atoms with Gasteiger partial charge in [-0.25, -0.2) is 0 Å². The Balaban J connectivity index is 0.000000212. The Morgan fingerprint density at radius 1 is 0.553 bits per heavy atom. The molecule has 0 radical (unpaired) electrons. The molecule has 5 atom stereocenters. The van der Waals surface area contributed by atoms with Crippen molar-refractivity contribution in [2.24, 2.45) is 17.8 Å². The van der Waals surface area contributed by atoms with Gasteiger partial charge in [-0.05, 0) is 63.2 Å². The molecule has 0 spiro atoms. The third-order valence-electron chi connectivity index (χ3n) is 11.0. The normalized spacial score (nSPS) is 33.1. The van der Waals surface area contributed by atoms with Crippen molar-refractivity contribution in [3.8, 4) is 0 Å². The molecule has 4 nitrogen and oxygen atoms in total. The Labute approximate surface area is 239 Å². The second-order valence-corrected chi connectivity index (χ2v) is 20.7. The van der Waals surface area contributed by atoms with Crippen LogP contribution in [0.2, 0.25) is 22.2 Å². The van der Waals surface area contributed by atoms with E-state index >= 15 is 0 Å². The summed E-state index contributed by atoms with van der Waals surface area (Å²) in [5.41, 5.74) is 2.94. The van der Waals surface area contributed by atoms with Crippen LogP contribution in [0.5, 0.6) is 0 Å². The topological polar surface area (TPSA) is 36.9 Å². The average Bonchev–Trinajstić information content (AvgIpc) is 3.54. The summed E-state index contributed by atoms with van der Waals surface area (Å²) in [5.74, 6) is 2.38. The molecule has 0 aliphatic heterocycles. The van der Waals surface area contributed by atoms with Crippen molar-refractivity contribution < 1.29 is 17.7 Å². The lowest BCUT2D eigenvalue weighted by Gasteiger charge is -2.44. The molecule has 0 aromatic carbocycles. The van der Waals surface area contributed by atoms with E-state index in [1.165, 1.54) is 96.3 Å². The molecule has 4 aliphatic carbocycles. The lowest BCUT2D eigenvalue weighted by molar-refractivity contribution is 0.141. The van der Waals surface area contributed by atoms with Crippen LogP contribution in [-0.4, -0.2) is 44.6 Å². The lowest BCUT2D eigenvalue weighted by atomic mass is 10.0. The molecule has 4 rings (SSSR count). The fourth-order valence-corrected chi connectivity index (χ4v) is 19.6. The van der Waals surface area contributed by atoms with Crippen molar-refractivity contribution in [3.63, 3.8) is 0 Å². The largest absolute Gasteiger partial charge is 0.397 e. The first-order valence-electron chi connectivity index (χ1n) is 16.8. The maximum atomic E-state index is 6.63. The minimum atomic E-state index is -2.05. The fourth-order valence-electron chi connectivity index (χ4n) is 9.23. The van der Waals surface area contributed by atoms with Crippen molar-refractivity contribution in [2.45, 2.75) is 160 Å². The minimum Gasteiger partial charge on any atom is -0.397 e. The van der Waals surface area contributed by atoms with Crippen LogP contribution in [-0.2, 0) is 17.7 Å². The molecule has 5 unspecified atom stereocenters.